The predicted octanol–water partition coefficient (Wildman–Crippen LogP) is 4.48. The third kappa shape index (κ3) is 2.85. The summed E-state index contributed by atoms with van der Waals surface area (Å²) in [6, 6.07) is 2.08. The number of hydrogen-bond donors (Lipinski definition) is 1. The van der Waals surface area contributed by atoms with E-state index in [0.717, 1.165) is 16.7 Å². The topological polar surface area (TPSA) is 20.2 Å². The molecule has 0 saturated carbocycles. The van der Waals surface area contributed by atoms with Crippen LogP contribution in [0.2, 0.25) is 0 Å². The Labute approximate surface area is 93.5 Å². The zero-order valence-corrected chi connectivity index (χ0v) is 10.7. The van der Waals surface area contributed by atoms with Crippen molar-refractivity contribution in [1.82, 2.24) is 0 Å². The maximum absolute atomic E-state index is 9.41. The fourth-order valence-corrected chi connectivity index (χ4v) is 1.73. The first-order valence-corrected chi connectivity index (χ1v) is 5.40. The van der Waals surface area contributed by atoms with E-state index in [0.29, 0.717) is 0 Å². The Morgan fingerprint density at radius 1 is 1.00 bits per heavy atom. The quantitative estimate of drug-likeness (QED) is 0.672. The highest BCUT2D eigenvalue weighted by Gasteiger charge is 2.09. The Hall–Kier alpha value is -1.24. The molecule has 0 aliphatic carbocycles. The number of benzene rings is 1. The molecule has 0 bridgehead atoms. The van der Waals surface area contributed by atoms with Gasteiger partial charge in [0.05, 0.1) is 0 Å². The molecule has 1 nitrogen and oxygen atoms in total. The van der Waals surface area contributed by atoms with Gasteiger partial charge in [0.1, 0.15) is 5.76 Å². The van der Waals surface area contributed by atoms with Crippen LogP contribution in [0.1, 0.15) is 41.7 Å². The van der Waals surface area contributed by atoms with Crippen LogP contribution in [0.4, 0.5) is 0 Å². The fourth-order valence-electron chi connectivity index (χ4n) is 1.73. The van der Waals surface area contributed by atoms with E-state index < -0.39 is 0 Å². The van der Waals surface area contributed by atoms with Crippen LogP contribution in [0.3, 0.4) is 0 Å². The molecule has 1 N–H and O–H groups in total. The zero-order chi connectivity index (χ0) is 12.2. The molecular weight excluding hydrogens is 184 g/mol. The zero-order valence-electron chi connectivity index (χ0n) is 10.7. The van der Waals surface area contributed by atoms with E-state index in [1.807, 2.05) is 27.7 Å². The first-order chi connectivity index (χ1) is 6.95. The molecule has 0 heterocycles. The monoisotopic (exact) mass is 206 g/mol. The Morgan fingerprint density at radius 3 is 1.87 bits per heavy atom. The van der Waals surface area contributed by atoms with E-state index in [9.17, 15) is 5.11 Å². The van der Waals surface area contributed by atoms with Crippen molar-refractivity contribution in [3.63, 3.8) is 0 Å². The molecule has 0 aromatic heterocycles. The summed E-state index contributed by atoms with van der Waals surface area (Å²) < 4.78 is 0. The van der Waals surface area contributed by atoms with Gasteiger partial charge in [-0.05, 0) is 49.9 Å². The number of aryl methyl sites for hydroxylation is 2. The average molecular weight is 206 g/mol. The second-order valence-electron chi connectivity index (χ2n) is 3.58. The summed E-state index contributed by atoms with van der Waals surface area (Å²) in [5.74, 6) is 0.165. The fraction of sp³-hybridized carbons (Fsp3) is 0.429. The van der Waals surface area contributed by atoms with Crippen molar-refractivity contribution in [2.24, 2.45) is 0 Å². The van der Waals surface area contributed by atoms with Crippen LogP contribution in [-0.4, -0.2) is 5.11 Å². The molecule has 1 aromatic carbocycles. The van der Waals surface area contributed by atoms with Crippen LogP contribution in [0.25, 0.3) is 5.76 Å². The van der Waals surface area contributed by atoms with E-state index in [-0.39, 0.29) is 5.76 Å². The van der Waals surface area contributed by atoms with Gasteiger partial charge >= 0.3 is 0 Å². The number of hydrogen-bond acceptors (Lipinski definition) is 1. The van der Waals surface area contributed by atoms with Crippen molar-refractivity contribution in [2.75, 3.05) is 0 Å². The van der Waals surface area contributed by atoms with Gasteiger partial charge in [0, 0.05) is 5.56 Å². The van der Waals surface area contributed by atoms with Crippen LogP contribution < -0.4 is 0 Å². The first kappa shape index (κ1) is 13.8. The number of aliphatic hydroxyl groups excluding tert-OH is 1. The van der Waals surface area contributed by atoms with Gasteiger partial charge in [-0.2, -0.15) is 0 Å². The van der Waals surface area contributed by atoms with Crippen molar-refractivity contribution in [1.29, 1.82) is 0 Å². The molecule has 0 fully saturated rings. The molecule has 15 heavy (non-hydrogen) atoms. The van der Waals surface area contributed by atoms with Crippen molar-refractivity contribution in [2.45, 2.75) is 41.5 Å². The molecule has 0 aliphatic heterocycles. The minimum atomic E-state index is 0.165. The highest BCUT2D eigenvalue weighted by Crippen LogP contribution is 2.25. The standard InChI is InChI=1S/C12H16O.C2H6/c1-7-6-8(2)12(11(5)13)10(4)9(7)3;1-2/h6,13H,5H2,1-4H3;1-2H3. The second kappa shape index (κ2) is 5.59. The van der Waals surface area contributed by atoms with E-state index in [4.69, 9.17) is 0 Å². The molecule has 0 spiro atoms. The molecule has 84 valence electrons. The maximum atomic E-state index is 9.41. The van der Waals surface area contributed by atoms with Crippen molar-refractivity contribution >= 4 is 5.76 Å². The van der Waals surface area contributed by atoms with Gasteiger partial charge in [0.15, 0.2) is 0 Å². The average Bonchev–Trinajstić information content (AvgIpc) is 2.17. The molecule has 1 heteroatoms. The van der Waals surface area contributed by atoms with E-state index in [1.165, 1.54) is 11.1 Å². The molecule has 1 aromatic rings. The molecule has 0 amide bonds. The van der Waals surface area contributed by atoms with Gasteiger partial charge in [-0.3, -0.25) is 0 Å². The SMILES string of the molecule is C=C(O)c1c(C)cc(C)c(C)c1C.CC. The lowest BCUT2D eigenvalue weighted by Crippen LogP contribution is -1.97. The summed E-state index contributed by atoms with van der Waals surface area (Å²) in [4.78, 5) is 0. The molecular formula is C14H22O. The van der Waals surface area contributed by atoms with E-state index >= 15 is 0 Å². The lowest BCUT2D eigenvalue weighted by Gasteiger charge is -2.13. The highest BCUT2D eigenvalue weighted by molar-refractivity contribution is 5.65. The lowest BCUT2D eigenvalue weighted by atomic mass is 9.94. The smallest absolute Gasteiger partial charge is 0.116 e. The summed E-state index contributed by atoms with van der Waals surface area (Å²) in [6.45, 7) is 15.7. The highest BCUT2D eigenvalue weighted by atomic mass is 16.3. The summed E-state index contributed by atoms with van der Waals surface area (Å²) in [5, 5.41) is 9.41. The van der Waals surface area contributed by atoms with Crippen LogP contribution in [0.15, 0.2) is 12.6 Å². The summed E-state index contributed by atoms with van der Waals surface area (Å²) in [6.07, 6.45) is 0. The van der Waals surface area contributed by atoms with Crippen LogP contribution in [0.5, 0.6) is 0 Å². The predicted molar refractivity (Wildman–Crippen MR) is 68.4 cm³/mol. The summed E-state index contributed by atoms with van der Waals surface area (Å²) >= 11 is 0. The van der Waals surface area contributed by atoms with Crippen LogP contribution in [0, 0.1) is 27.7 Å². The molecule has 0 radical (unpaired) electrons. The van der Waals surface area contributed by atoms with Gasteiger partial charge in [-0.1, -0.05) is 26.5 Å². The Kier molecular flexibility index (Phi) is 5.13. The summed E-state index contributed by atoms with van der Waals surface area (Å²) in [5.41, 5.74) is 5.61. The van der Waals surface area contributed by atoms with Crippen LogP contribution >= 0.6 is 0 Å². The second-order valence-corrected chi connectivity index (χ2v) is 3.58. The van der Waals surface area contributed by atoms with Gasteiger partial charge in [-0.15, -0.1) is 0 Å². The maximum Gasteiger partial charge on any atom is 0.116 e. The molecule has 1 rings (SSSR count). The third-order valence-corrected chi connectivity index (χ3v) is 2.64. The Morgan fingerprint density at radius 2 is 1.47 bits per heavy atom. The molecule has 0 saturated heterocycles. The van der Waals surface area contributed by atoms with Gasteiger partial charge in [0.2, 0.25) is 0 Å². The molecule has 0 aliphatic rings. The number of aliphatic hydroxyl groups is 1. The van der Waals surface area contributed by atoms with Gasteiger partial charge in [0.25, 0.3) is 0 Å². The van der Waals surface area contributed by atoms with Gasteiger partial charge < -0.3 is 5.11 Å². The van der Waals surface area contributed by atoms with E-state index in [1.54, 1.807) is 0 Å². The van der Waals surface area contributed by atoms with Crippen molar-refractivity contribution in [3.8, 4) is 0 Å². The van der Waals surface area contributed by atoms with E-state index in [2.05, 4.69) is 26.5 Å². The number of rotatable bonds is 1. The van der Waals surface area contributed by atoms with Gasteiger partial charge in [-0.25, -0.2) is 0 Å². The Bertz CT molecular complexity index is 362. The van der Waals surface area contributed by atoms with Crippen molar-refractivity contribution in [3.05, 3.63) is 40.5 Å². The lowest BCUT2D eigenvalue weighted by molar-refractivity contribution is 0.512. The summed E-state index contributed by atoms with van der Waals surface area (Å²) in [7, 11) is 0. The van der Waals surface area contributed by atoms with Crippen molar-refractivity contribution < 1.29 is 5.11 Å². The third-order valence-electron chi connectivity index (χ3n) is 2.64. The van der Waals surface area contributed by atoms with Crippen LogP contribution in [-0.2, 0) is 0 Å². The molecule has 0 unspecified atom stereocenters. The Balaban J connectivity index is 0.000000921. The normalized spacial score (nSPS) is 9.20. The first-order valence-electron chi connectivity index (χ1n) is 5.40. The minimum Gasteiger partial charge on any atom is -0.508 e. The molecule has 0 atom stereocenters. The largest absolute Gasteiger partial charge is 0.508 e. The minimum absolute atomic E-state index is 0.165.